The van der Waals surface area contributed by atoms with Crippen molar-refractivity contribution in [2.45, 2.75) is 39.4 Å². The topological polar surface area (TPSA) is 21.6 Å². The number of halogens is 3. The lowest BCUT2D eigenvalue weighted by atomic mass is 9.98. The van der Waals surface area contributed by atoms with E-state index in [2.05, 4.69) is 4.99 Å². The molecule has 1 aromatic carbocycles. The van der Waals surface area contributed by atoms with E-state index in [1.165, 1.54) is 0 Å². The van der Waals surface area contributed by atoms with E-state index < -0.39 is 11.7 Å². The molecule has 0 saturated heterocycles. The maximum absolute atomic E-state index is 12.7. The van der Waals surface area contributed by atoms with Crippen LogP contribution >= 0.6 is 0 Å². The van der Waals surface area contributed by atoms with Crippen molar-refractivity contribution in [2.24, 2.45) is 4.99 Å². The van der Waals surface area contributed by atoms with Crippen molar-refractivity contribution in [1.29, 1.82) is 0 Å². The maximum Gasteiger partial charge on any atom is 0.416 e. The molecule has 0 aliphatic carbocycles. The fourth-order valence-electron chi connectivity index (χ4n) is 2.18. The Bertz CT molecular complexity index is 521. The molecule has 0 bridgehead atoms. The first-order chi connectivity index (χ1) is 8.60. The van der Waals surface area contributed by atoms with Crippen LogP contribution in [0.5, 0.6) is 0 Å². The summed E-state index contributed by atoms with van der Waals surface area (Å²) < 4.78 is 43.7. The van der Waals surface area contributed by atoms with Gasteiger partial charge in [-0.15, -0.1) is 0 Å². The van der Waals surface area contributed by atoms with Crippen molar-refractivity contribution in [3.63, 3.8) is 0 Å². The molecule has 0 aromatic heterocycles. The molecule has 1 heterocycles. The van der Waals surface area contributed by atoms with Gasteiger partial charge in [0.05, 0.1) is 11.1 Å². The first-order valence-electron chi connectivity index (χ1n) is 6.02. The molecule has 0 fully saturated rings. The quantitative estimate of drug-likeness (QED) is 0.759. The number of rotatable bonds is 1. The first kappa shape index (κ1) is 13.9. The van der Waals surface area contributed by atoms with E-state index in [1.54, 1.807) is 13.8 Å². The highest BCUT2D eigenvalue weighted by atomic mass is 19.4. The molecular formula is C14H16F3NO. The number of aliphatic imine (C=N–C) groups is 1. The van der Waals surface area contributed by atoms with Crippen LogP contribution in [0.4, 0.5) is 13.2 Å². The van der Waals surface area contributed by atoms with Crippen LogP contribution in [0.2, 0.25) is 0 Å². The third-order valence-electron chi connectivity index (χ3n) is 3.04. The van der Waals surface area contributed by atoms with Gasteiger partial charge in [0.15, 0.2) is 0 Å². The smallest absolute Gasteiger partial charge is 0.416 e. The van der Waals surface area contributed by atoms with Crippen molar-refractivity contribution in [2.75, 3.05) is 6.61 Å². The van der Waals surface area contributed by atoms with Gasteiger partial charge in [-0.1, -0.05) is 0 Å². The Labute approximate surface area is 110 Å². The first-order valence-corrected chi connectivity index (χ1v) is 6.02. The Kier molecular flexibility index (Phi) is 3.11. The van der Waals surface area contributed by atoms with Gasteiger partial charge >= 0.3 is 6.18 Å². The average molecular weight is 271 g/mol. The molecule has 0 spiro atoms. The van der Waals surface area contributed by atoms with Gasteiger partial charge in [0.1, 0.15) is 6.61 Å². The molecule has 0 unspecified atom stereocenters. The number of nitrogens with zero attached hydrogens (tertiary/aromatic N) is 1. The highest BCUT2D eigenvalue weighted by Crippen LogP contribution is 2.33. The molecule has 19 heavy (non-hydrogen) atoms. The summed E-state index contributed by atoms with van der Waals surface area (Å²) in [4.78, 5) is 4.42. The molecule has 104 valence electrons. The Morgan fingerprint density at radius 3 is 2.05 bits per heavy atom. The van der Waals surface area contributed by atoms with E-state index in [0.717, 1.165) is 12.1 Å². The number of hydrogen-bond donors (Lipinski definition) is 0. The normalized spacial score (nSPS) is 18.2. The van der Waals surface area contributed by atoms with Gasteiger partial charge in [-0.2, -0.15) is 13.2 Å². The molecule has 1 aliphatic rings. The van der Waals surface area contributed by atoms with Crippen LogP contribution in [0.15, 0.2) is 17.1 Å². The number of aryl methyl sites for hydroxylation is 2. The molecule has 2 rings (SSSR count). The molecule has 1 aliphatic heterocycles. The fraction of sp³-hybridized carbons (Fsp3) is 0.500. The lowest BCUT2D eigenvalue weighted by Gasteiger charge is -2.14. The number of benzene rings is 1. The predicted molar refractivity (Wildman–Crippen MR) is 67.5 cm³/mol. The molecule has 0 N–H and O–H groups in total. The SMILES string of the molecule is Cc1cc(C(F)(F)F)cc(C)c1C1=NC(C)(C)CO1. The van der Waals surface area contributed by atoms with E-state index in [4.69, 9.17) is 4.74 Å². The second-order valence-electron chi connectivity index (χ2n) is 5.50. The molecule has 0 saturated carbocycles. The number of hydrogen-bond acceptors (Lipinski definition) is 2. The standard InChI is InChI=1S/C14H16F3NO/c1-8-5-10(14(15,16)17)6-9(2)11(8)12-18-13(3,4)7-19-12/h5-6H,7H2,1-4H3. The van der Waals surface area contributed by atoms with E-state index in [-0.39, 0.29) is 5.54 Å². The fourth-order valence-corrected chi connectivity index (χ4v) is 2.18. The van der Waals surface area contributed by atoms with Gasteiger partial charge in [-0.05, 0) is 51.0 Å². The third kappa shape index (κ3) is 2.74. The van der Waals surface area contributed by atoms with Crippen LogP contribution in [0.1, 0.15) is 36.1 Å². The summed E-state index contributed by atoms with van der Waals surface area (Å²) in [7, 11) is 0. The monoisotopic (exact) mass is 271 g/mol. The van der Waals surface area contributed by atoms with Crippen molar-refractivity contribution in [3.05, 3.63) is 34.4 Å². The Hall–Kier alpha value is -1.52. The largest absolute Gasteiger partial charge is 0.475 e. The van der Waals surface area contributed by atoms with E-state index in [1.807, 2.05) is 13.8 Å². The second kappa shape index (κ2) is 4.25. The van der Waals surface area contributed by atoms with Crippen LogP contribution < -0.4 is 0 Å². The van der Waals surface area contributed by atoms with Gasteiger partial charge in [-0.25, -0.2) is 4.99 Å². The minimum absolute atomic E-state index is 0.323. The summed E-state index contributed by atoms with van der Waals surface area (Å²) in [5, 5.41) is 0. The molecule has 2 nitrogen and oxygen atoms in total. The van der Waals surface area contributed by atoms with Crippen LogP contribution in [-0.4, -0.2) is 18.0 Å². The lowest BCUT2D eigenvalue weighted by Crippen LogP contribution is -2.17. The Morgan fingerprint density at radius 2 is 1.68 bits per heavy atom. The molecule has 1 aromatic rings. The summed E-state index contributed by atoms with van der Waals surface area (Å²) in [6, 6.07) is 2.28. The van der Waals surface area contributed by atoms with Crippen molar-refractivity contribution in [3.8, 4) is 0 Å². The summed E-state index contributed by atoms with van der Waals surface area (Å²) in [5.74, 6) is 0.439. The average Bonchev–Trinajstić information content (AvgIpc) is 2.56. The molecule has 5 heteroatoms. The van der Waals surface area contributed by atoms with Gasteiger partial charge in [-0.3, -0.25) is 0 Å². The van der Waals surface area contributed by atoms with Crippen LogP contribution in [0.25, 0.3) is 0 Å². The van der Waals surface area contributed by atoms with Gasteiger partial charge in [0.2, 0.25) is 5.90 Å². The summed E-state index contributed by atoms with van der Waals surface area (Å²) in [6.45, 7) is 7.59. The van der Waals surface area contributed by atoms with Gasteiger partial charge in [0, 0.05) is 5.56 Å². The Morgan fingerprint density at radius 1 is 1.16 bits per heavy atom. The van der Waals surface area contributed by atoms with Crippen molar-refractivity contribution < 1.29 is 17.9 Å². The van der Waals surface area contributed by atoms with Gasteiger partial charge < -0.3 is 4.74 Å². The number of ether oxygens (including phenoxy) is 1. The molecular weight excluding hydrogens is 255 g/mol. The second-order valence-corrected chi connectivity index (χ2v) is 5.50. The van der Waals surface area contributed by atoms with Crippen molar-refractivity contribution in [1.82, 2.24) is 0 Å². The molecule has 0 atom stereocenters. The van der Waals surface area contributed by atoms with Crippen LogP contribution in [-0.2, 0) is 10.9 Å². The van der Waals surface area contributed by atoms with Gasteiger partial charge in [0.25, 0.3) is 0 Å². The molecule has 0 radical (unpaired) electrons. The lowest BCUT2D eigenvalue weighted by molar-refractivity contribution is -0.137. The zero-order valence-electron chi connectivity index (χ0n) is 11.4. The van der Waals surface area contributed by atoms with E-state index in [9.17, 15) is 13.2 Å². The third-order valence-corrected chi connectivity index (χ3v) is 3.04. The predicted octanol–water partition coefficient (Wildman–Crippen LogP) is 3.88. The van der Waals surface area contributed by atoms with Crippen molar-refractivity contribution >= 4 is 5.90 Å². The zero-order valence-corrected chi connectivity index (χ0v) is 11.4. The Balaban J connectivity index is 2.50. The zero-order chi connectivity index (χ0) is 14.4. The number of alkyl halides is 3. The molecule has 0 amide bonds. The maximum atomic E-state index is 12.7. The van der Waals surface area contributed by atoms with E-state index in [0.29, 0.717) is 29.2 Å². The van der Waals surface area contributed by atoms with E-state index >= 15 is 0 Å². The highest BCUT2D eigenvalue weighted by Gasteiger charge is 2.33. The van der Waals surface area contributed by atoms with Crippen LogP contribution in [0.3, 0.4) is 0 Å². The van der Waals surface area contributed by atoms with Crippen LogP contribution in [0, 0.1) is 13.8 Å². The summed E-state index contributed by atoms with van der Waals surface area (Å²) in [6.07, 6.45) is -4.33. The minimum Gasteiger partial charge on any atom is -0.475 e. The summed E-state index contributed by atoms with van der Waals surface area (Å²) in [5.41, 5.74) is 0.770. The summed E-state index contributed by atoms with van der Waals surface area (Å²) >= 11 is 0. The minimum atomic E-state index is -4.33. The highest BCUT2D eigenvalue weighted by molar-refractivity contribution is 5.98.